The van der Waals surface area contributed by atoms with Crippen molar-refractivity contribution in [3.63, 3.8) is 0 Å². The molecule has 1 saturated heterocycles. The number of H-pyrrole nitrogens is 1. The van der Waals surface area contributed by atoms with Gasteiger partial charge in [0.2, 0.25) is 0 Å². The van der Waals surface area contributed by atoms with E-state index in [1.54, 1.807) is 0 Å². The molecule has 0 radical (unpaired) electrons. The zero-order valence-corrected chi connectivity index (χ0v) is 15.8. The monoisotopic (exact) mass is 385 g/mol. The topological polar surface area (TPSA) is 74.4 Å². The zero-order valence-electron chi connectivity index (χ0n) is 15.0. The van der Waals surface area contributed by atoms with Crippen LogP contribution in [0.5, 0.6) is 0 Å². The number of hydrogen-bond donors (Lipinski definition) is 2. The molecule has 0 bridgehead atoms. The Balaban J connectivity index is 1.63. The van der Waals surface area contributed by atoms with Crippen LogP contribution < -0.4 is 4.72 Å². The summed E-state index contributed by atoms with van der Waals surface area (Å²) in [5.74, 6) is -0.0850. The van der Waals surface area contributed by atoms with E-state index in [-0.39, 0.29) is 5.92 Å². The van der Waals surface area contributed by atoms with E-state index in [2.05, 4.69) is 15.8 Å². The maximum atomic E-state index is 12.7. The molecule has 1 aromatic heterocycles. The van der Waals surface area contributed by atoms with Crippen LogP contribution in [-0.2, 0) is 14.9 Å². The molecule has 6 nitrogen and oxygen atoms in total. The Kier molecular flexibility index (Phi) is 5.27. The molecule has 4 rings (SSSR count). The smallest absolute Gasteiger partial charge is 0.279 e. The second kappa shape index (κ2) is 7.82. The van der Waals surface area contributed by atoms with Gasteiger partial charge in [0.15, 0.2) is 0 Å². The Bertz CT molecular complexity index is 995. The van der Waals surface area contributed by atoms with E-state index >= 15 is 0 Å². The van der Waals surface area contributed by atoms with Crippen molar-refractivity contribution < 1.29 is 13.2 Å². The Morgan fingerprint density at radius 1 is 1.04 bits per heavy atom. The fourth-order valence-electron chi connectivity index (χ4n) is 3.54. The molecular formula is C20H23N3O3S. The van der Waals surface area contributed by atoms with Crippen LogP contribution in [0.3, 0.4) is 0 Å². The molecule has 0 saturated carbocycles. The van der Waals surface area contributed by atoms with E-state index in [9.17, 15) is 8.42 Å². The predicted octanol–water partition coefficient (Wildman–Crippen LogP) is 2.47. The van der Waals surface area contributed by atoms with Gasteiger partial charge in [-0.1, -0.05) is 48.5 Å². The molecule has 2 N–H and O–H groups in total. The van der Waals surface area contributed by atoms with Crippen molar-refractivity contribution in [1.82, 2.24) is 14.0 Å². The van der Waals surface area contributed by atoms with Gasteiger partial charge in [-0.15, -0.1) is 0 Å². The Labute approximate surface area is 159 Å². The molecule has 0 aliphatic carbocycles. The van der Waals surface area contributed by atoms with Crippen LogP contribution in [0.2, 0.25) is 0 Å². The van der Waals surface area contributed by atoms with Crippen LogP contribution >= 0.6 is 0 Å². The van der Waals surface area contributed by atoms with Gasteiger partial charge in [-0.25, -0.2) is 4.72 Å². The summed E-state index contributed by atoms with van der Waals surface area (Å²) in [6, 6.07) is 18.1. The summed E-state index contributed by atoms with van der Waals surface area (Å²) in [6.07, 6.45) is 1.98. The number of para-hydroxylation sites is 1. The number of morpholine rings is 1. The van der Waals surface area contributed by atoms with Crippen LogP contribution in [0, 0.1) is 0 Å². The number of nitrogens with one attached hydrogen (secondary N) is 2. The minimum Gasteiger partial charge on any atom is -0.379 e. The lowest BCUT2D eigenvalue weighted by molar-refractivity contribution is 0.0725. The minimum absolute atomic E-state index is 0.0850. The molecule has 0 spiro atoms. The highest BCUT2D eigenvalue weighted by molar-refractivity contribution is 7.87. The van der Waals surface area contributed by atoms with Gasteiger partial charge in [0.1, 0.15) is 0 Å². The van der Waals surface area contributed by atoms with Crippen molar-refractivity contribution in [3.05, 3.63) is 71.9 Å². The summed E-state index contributed by atoms with van der Waals surface area (Å²) < 4.78 is 34.9. The van der Waals surface area contributed by atoms with Crippen LogP contribution in [-0.4, -0.2) is 50.6 Å². The van der Waals surface area contributed by atoms with Gasteiger partial charge in [-0.05, 0) is 17.2 Å². The number of nitrogens with zero attached hydrogens (tertiary/aromatic N) is 1. The van der Waals surface area contributed by atoms with Crippen LogP contribution in [0.1, 0.15) is 17.0 Å². The fourth-order valence-corrected chi connectivity index (χ4v) is 4.73. The molecule has 142 valence electrons. The first kappa shape index (κ1) is 18.2. The molecule has 2 aromatic carbocycles. The molecular weight excluding hydrogens is 362 g/mol. The Morgan fingerprint density at radius 2 is 1.74 bits per heavy atom. The third-order valence-corrected chi connectivity index (χ3v) is 6.55. The van der Waals surface area contributed by atoms with Gasteiger partial charge in [-0.3, -0.25) is 0 Å². The summed E-state index contributed by atoms with van der Waals surface area (Å²) in [7, 11) is -3.54. The van der Waals surface area contributed by atoms with Crippen molar-refractivity contribution in [1.29, 1.82) is 0 Å². The van der Waals surface area contributed by atoms with Gasteiger partial charge in [0, 0.05) is 42.7 Å². The van der Waals surface area contributed by atoms with Gasteiger partial charge in [0.05, 0.1) is 13.2 Å². The lowest BCUT2D eigenvalue weighted by Crippen LogP contribution is -2.47. The zero-order chi connectivity index (χ0) is 18.7. The molecule has 0 amide bonds. The second-order valence-electron chi connectivity index (χ2n) is 6.62. The summed E-state index contributed by atoms with van der Waals surface area (Å²) in [4.78, 5) is 3.29. The SMILES string of the molecule is O=S(=O)(NCC(c1ccccc1)c1c[nH]c2ccccc12)N1CCOCC1. The van der Waals surface area contributed by atoms with E-state index < -0.39 is 10.2 Å². The highest BCUT2D eigenvalue weighted by Crippen LogP contribution is 2.30. The first-order chi connectivity index (χ1) is 13.1. The number of hydrogen-bond acceptors (Lipinski definition) is 3. The van der Waals surface area contributed by atoms with Crippen molar-refractivity contribution in [2.75, 3.05) is 32.8 Å². The van der Waals surface area contributed by atoms with Crippen LogP contribution in [0.25, 0.3) is 10.9 Å². The highest BCUT2D eigenvalue weighted by atomic mass is 32.2. The predicted molar refractivity (Wildman–Crippen MR) is 106 cm³/mol. The van der Waals surface area contributed by atoms with Crippen molar-refractivity contribution in [2.24, 2.45) is 0 Å². The lowest BCUT2D eigenvalue weighted by Gasteiger charge is -2.27. The van der Waals surface area contributed by atoms with Crippen molar-refractivity contribution in [3.8, 4) is 0 Å². The number of aromatic nitrogens is 1. The van der Waals surface area contributed by atoms with E-state index in [1.807, 2.05) is 54.7 Å². The maximum absolute atomic E-state index is 12.7. The number of ether oxygens (including phenoxy) is 1. The summed E-state index contributed by atoms with van der Waals surface area (Å²) >= 11 is 0. The molecule has 1 unspecified atom stereocenters. The molecule has 27 heavy (non-hydrogen) atoms. The quantitative estimate of drug-likeness (QED) is 0.685. The first-order valence-corrected chi connectivity index (χ1v) is 10.5. The molecule has 1 aliphatic heterocycles. The molecule has 1 atom stereocenters. The van der Waals surface area contributed by atoms with Crippen molar-refractivity contribution >= 4 is 21.1 Å². The van der Waals surface area contributed by atoms with E-state index in [0.717, 1.165) is 22.0 Å². The summed E-state index contributed by atoms with van der Waals surface area (Å²) in [5.41, 5.74) is 3.21. The van der Waals surface area contributed by atoms with Crippen LogP contribution in [0.15, 0.2) is 60.8 Å². The highest BCUT2D eigenvalue weighted by Gasteiger charge is 2.26. The third-order valence-electron chi connectivity index (χ3n) is 4.98. The van der Waals surface area contributed by atoms with E-state index in [1.165, 1.54) is 4.31 Å². The van der Waals surface area contributed by atoms with Gasteiger partial charge < -0.3 is 9.72 Å². The fraction of sp³-hybridized carbons (Fsp3) is 0.300. The number of benzene rings is 2. The largest absolute Gasteiger partial charge is 0.379 e. The van der Waals surface area contributed by atoms with E-state index in [0.29, 0.717) is 32.8 Å². The van der Waals surface area contributed by atoms with Gasteiger partial charge in [0.25, 0.3) is 10.2 Å². The second-order valence-corrected chi connectivity index (χ2v) is 8.37. The third kappa shape index (κ3) is 3.91. The van der Waals surface area contributed by atoms with E-state index in [4.69, 9.17) is 4.74 Å². The normalized spacial score (nSPS) is 17.2. The van der Waals surface area contributed by atoms with Crippen molar-refractivity contribution in [2.45, 2.75) is 5.92 Å². The van der Waals surface area contributed by atoms with Crippen LogP contribution in [0.4, 0.5) is 0 Å². The minimum atomic E-state index is -3.54. The Hall–Kier alpha value is -2.19. The maximum Gasteiger partial charge on any atom is 0.279 e. The lowest BCUT2D eigenvalue weighted by atomic mass is 9.91. The summed E-state index contributed by atoms with van der Waals surface area (Å²) in [6.45, 7) is 1.94. The molecule has 2 heterocycles. The summed E-state index contributed by atoms with van der Waals surface area (Å²) in [5, 5.41) is 1.11. The molecule has 7 heteroatoms. The number of aromatic amines is 1. The van der Waals surface area contributed by atoms with Gasteiger partial charge >= 0.3 is 0 Å². The first-order valence-electron chi connectivity index (χ1n) is 9.08. The number of fused-ring (bicyclic) bond motifs is 1. The number of rotatable bonds is 6. The molecule has 3 aromatic rings. The van der Waals surface area contributed by atoms with Gasteiger partial charge in [-0.2, -0.15) is 12.7 Å². The average molecular weight is 385 g/mol. The molecule has 1 aliphatic rings. The standard InChI is InChI=1S/C20H23N3O3S/c24-27(25,23-10-12-26-13-11-23)22-15-18(16-6-2-1-3-7-16)19-14-21-20-9-5-4-8-17(19)20/h1-9,14,18,21-22H,10-13,15H2. The molecule has 1 fully saturated rings. The average Bonchev–Trinajstić information content (AvgIpc) is 3.14. The Morgan fingerprint density at radius 3 is 2.52 bits per heavy atom.